The van der Waals surface area contributed by atoms with Crippen molar-refractivity contribution in [3.8, 4) is 0 Å². The number of anilines is 1. The molecule has 0 radical (unpaired) electrons. The molecule has 3 rings (SSSR count). The maximum absolute atomic E-state index is 3.64. The van der Waals surface area contributed by atoms with Gasteiger partial charge in [0.1, 0.15) is 0 Å². The van der Waals surface area contributed by atoms with Crippen LogP contribution >= 0.6 is 27.7 Å². The minimum atomic E-state index is 0.659. The molecule has 2 heterocycles. The number of hydrogen-bond acceptors (Lipinski definition) is 3. The number of nitrogens with zero attached hydrogens (tertiary/aromatic N) is 1. The van der Waals surface area contributed by atoms with Gasteiger partial charge >= 0.3 is 0 Å². The van der Waals surface area contributed by atoms with E-state index in [-0.39, 0.29) is 0 Å². The molecule has 1 N–H and O–H groups in total. The number of likely N-dealkylation sites (N-methyl/N-ethyl adjacent to an activating group) is 1. The van der Waals surface area contributed by atoms with Crippen LogP contribution in [0, 0.1) is 0 Å². The van der Waals surface area contributed by atoms with E-state index in [2.05, 4.69) is 51.6 Å². The van der Waals surface area contributed by atoms with Gasteiger partial charge in [0.25, 0.3) is 0 Å². The van der Waals surface area contributed by atoms with Crippen LogP contribution in [0.2, 0.25) is 0 Å². The molecule has 0 spiro atoms. The molecule has 17 heavy (non-hydrogen) atoms. The average Bonchev–Trinajstić information content (AvgIpc) is 2.63. The third kappa shape index (κ3) is 1.81. The molecule has 0 bridgehead atoms. The number of halogens is 1. The molecule has 1 saturated heterocycles. The highest BCUT2D eigenvalue weighted by molar-refractivity contribution is 9.10. The minimum absolute atomic E-state index is 0.659. The van der Waals surface area contributed by atoms with Crippen LogP contribution in [0.25, 0.3) is 0 Å². The lowest BCUT2D eigenvalue weighted by Gasteiger charge is -2.31. The molecular formula is C13H17BrN2S. The summed E-state index contributed by atoms with van der Waals surface area (Å²) in [6, 6.07) is 5.24. The van der Waals surface area contributed by atoms with Gasteiger partial charge in [-0.1, -0.05) is 15.9 Å². The molecule has 0 aliphatic carbocycles. The van der Waals surface area contributed by atoms with Gasteiger partial charge < -0.3 is 10.2 Å². The second-order valence-corrected chi connectivity index (χ2v) is 6.59. The van der Waals surface area contributed by atoms with Crippen molar-refractivity contribution in [2.75, 3.05) is 31.3 Å². The molecule has 1 aromatic rings. The van der Waals surface area contributed by atoms with Crippen molar-refractivity contribution in [1.82, 2.24) is 5.32 Å². The van der Waals surface area contributed by atoms with Gasteiger partial charge in [-0.3, -0.25) is 0 Å². The summed E-state index contributed by atoms with van der Waals surface area (Å²) in [5.74, 6) is 0.659. The first-order valence-corrected chi connectivity index (χ1v) is 8.05. The van der Waals surface area contributed by atoms with E-state index in [0.29, 0.717) is 12.0 Å². The van der Waals surface area contributed by atoms with Crippen LogP contribution in [0.15, 0.2) is 21.5 Å². The molecule has 1 fully saturated rings. The number of thioether (sulfide) groups is 1. The Hall–Kier alpha value is -0.190. The first-order chi connectivity index (χ1) is 8.22. The molecule has 0 amide bonds. The maximum Gasteiger partial charge on any atom is 0.0541 e. The molecular weight excluding hydrogens is 296 g/mol. The molecule has 0 aromatic heterocycles. The van der Waals surface area contributed by atoms with Crippen LogP contribution in [-0.4, -0.2) is 32.4 Å². The first-order valence-electron chi connectivity index (χ1n) is 6.03. The van der Waals surface area contributed by atoms with Gasteiger partial charge in [0, 0.05) is 34.9 Å². The summed E-state index contributed by atoms with van der Waals surface area (Å²) in [5, 5.41) is 3.53. The number of hydrogen-bond donors (Lipinski definition) is 1. The summed E-state index contributed by atoms with van der Waals surface area (Å²) in [7, 11) is 2.25. The highest BCUT2D eigenvalue weighted by Gasteiger charge is 2.39. The average molecular weight is 313 g/mol. The number of nitrogens with one attached hydrogen (secondary N) is 1. The molecule has 2 aliphatic heterocycles. The third-order valence-corrected chi connectivity index (χ3v) is 5.19. The largest absolute Gasteiger partial charge is 0.370 e. The Labute approximate surface area is 115 Å². The van der Waals surface area contributed by atoms with E-state index in [1.165, 1.54) is 27.0 Å². The summed E-state index contributed by atoms with van der Waals surface area (Å²) in [4.78, 5) is 3.89. The Morgan fingerprint density at radius 1 is 1.47 bits per heavy atom. The summed E-state index contributed by atoms with van der Waals surface area (Å²) in [6.45, 7) is 2.27. The van der Waals surface area contributed by atoms with Crippen LogP contribution in [0.5, 0.6) is 0 Å². The standard InChI is InChI=1S/C13H17BrN2S/c1-16-11-3-4-15-7-10(11)9-5-8(14)6-12(17-2)13(9)16/h5-6,10-11,15H,3-4,7H2,1-2H3/t10-,11-/m1/s1. The fraction of sp³-hybridized carbons (Fsp3) is 0.538. The van der Waals surface area contributed by atoms with Gasteiger partial charge in [-0.15, -0.1) is 11.8 Å². The second-order valence-electron chi connectivity index (χ2n) is 4.82. The molecule has 2 nitrogen and oxygen atoms in total. The van der Waals surface area contributed by atoms with Crippen LogP contribution < -0.4 is 10.2 Å². The predicted octanol–water partition coefficient (Wildman–Crippen LogP) is 3.07. The SMILES string of the molecule is CSc1cc(Br)cc2c1N(C)[C@@H]1CCNC[C@H]21. The van der Waals surface area contributed by atoms with E-state index < -0.39 is 0 Å². The van der Waals surface area contributed by atoms with Gasteiger partial charge in [-0.2, -0.15) is 0 Å². The Balaban J connectivity index is 2.13. The Morgan fingerprint density at radius 2 is 2.29 bits per heavy atom. The molecule has 0 unspecified atom stereocenters. The highest BCUT2D eigenvalue weighted by Crippen LogP contribution is 2.47. The quantitative estimate of drug-likeness (QED) is 0.802. The lowest BCUT2D eigenvalue weighted by molar-refractivity contribution is 0.413. The first kappa shape index (κ1) is 11.9. The zero-order valence-electron chi connectivity index (χ0n) is 10.2. The van der Waals surface area contributed by atoms with E-state index in [1.807, 2.05) is 11.8 Å². The smallest absolute Gasteiger partial charge is 0.0541 e. The maximum atomic E-state index is 3.64. The minimum Gasteiger partial charge on any atom is -0.370 e. The summed E-state index contributed by atoms with van der Waals surface area (Å²) in [6.07, 6.45) is 3.41. The van der Waals surface area contributed by atoms with E-state index in [9.17, 15) is 0 Å². The van der Waals surface area contributed by atoms with Crippen molar-refractivity contribution in [2.45, 2.75) is 23.3 Å². The summed E-state index contributed by atoms with van der Waals surface area (Å²) in [5.41, 5.74) is 2.97. The zero-order valence-corrected chi connectivity index (χ0v) is 12.6. The topological polar surface area (TPSA) is 15.3 Å². The Morgan fingerprint density at radius 3 is 3.06 bits per heavy atom. The Bertz CT molecular complexity index is 449. The fourth-order valence-corrected chi connectivity index (χ4v) is 4.53. The van der Waals surface area contributed by atoms with Gasteiger partial charge in [0.2, 0.25) is 0 Å². The Kier molecular flexibility index (Phi) is 3.13. The lowest BCUT2D eigenvalue weighted by atomic mass is 9.90. The van der Waals surface area contributed by atoms with Crippen molar-refractivity contribution < 1.29 is 0 Å². The number of rotatable bonds is 1. The zero-order chi connectivity index (χ0) is 12.0. The normalized spacial score (nSPS) is 26.9. The van der Waals surface area contributed by atoms with E-state index in [4.69, 9.17) is 0 Å². The van der Waals surface area contributed by atoms with Gasteiger partial charge in [-0.05, 0) is 36.9 Å². The van der Waals surface area contributed by atoms with E-state index in [0.717, 1.165) is 13.1 Å². The number of piperidine rings is 1. The second kappa shape index (κ2) is 4.48. The summed E-state index contributed by atoms with van der Waals surface area (Å²) < 4.78 is 1.21. The van der Waals surface area contributed by atoms with Crippen LogP contribution in [0.4, 0.5) is 5.69 Å². The fourth-order valence-electron chi connectivity index (χ4n) is 3.20. The van der Waals surface area contributed by atoms with Crippen molar-refractivity contribution in [1.29, 1.82) is 0 Å². The van der Waals surface area contributed by atoms with Crippen molar-refractivity contribution in [2.24, 2.45) is 0 Å². The predicted molar refractivity (Wildman–Crippen MR) is 78.3 cm³/mol. The van der Waals surface area contributed by atoms with Crippen molar-refractivity contribution >= 4 is 33.4 Å². The molecule has 4 heteroatoms. The van der Waals surface area contributed by atoms with E-state index >= 15 is 0 Å². The van der Waals surface area contributed by atoms with Gasteiger partial charge in [-0.25, -0.2) is 0 Å². The molecule has 92 valence electrons. The molecule has 0 saturated carbocycles. The van der Waals surface area contributed by atoms with Crippen molar-refractivity contribution in [3.05, 3.63) is 22.2 Å². The molecule has 1 aromatic carbocycles. The highest BCUT2D eigenvalue weighted by atomic mass is 79.9. The van der Waals surface area contributed by atoms with Crippen LogP contribution in [0.3, 0.4) is 0 Å². The third-order valence-electron chi connectivity index (χ3n) is 3.98. The lowest BCUT2D eigenvalue weighted by Crippen LogP contribution is -2.42. The van der Waals surface area contributed by atoms with Crippen LogP contribution in [-0.2, 0) is 0 Å². The van der Waals surface area contributed by atoms with Crippen LogP contribution in [0.1, 0.15) is 17.9 Å². The number of benzene rings is 1. The number of fused-ring (bicyclic) bond motifs is 3. The summed E-state index contributed by atoms with van der Waals surface area (Å²) >= 11 is 5.49. The van der Waals surface area contributed by atoms with E-state index in [1.54, 1.807) is 0 Å². The molecule has 2 aliphatic rings. The van der Waals surface area contributed by atoms with Gasteiger partial charge in [0.05, 0.1) is 5.69 Å². The molecule has 2 atom stereocenters. The van der Waals surface area contributed by atoms with Crippen molar-refractivity contribution in [3.63, 3.8) is 0 Å². The monoisotopic (exact) mass is 312 g/mol. The van der Waals surface area contributed by atoms with Gasteiger partial charge in [0.15, 0.2) is 0 Å².